The van der Waals surface area contributed by atoms with Crippen LogP contribution >= 0.6 is 23.6 Å². The van der Waals surface area contributed by atoms with E-state index in [1.54, 1.807) is 4.57 Å². The third-order valence-corrected chi connectivity index (χ3v) is 4.80. The Bertz CT molecular complexity index is 898. The Kier molecular flexibility index (Phi) is 2.76. The van der Waals surface area contributed by atoms with Crippen LogP contribution in [0.1, 0.15) is 12.8 Å². The number of hydrogen-bond donors (Lipinski definition) is 1. The zero-order valence-electron chi connectivity index (χ0n) is 10.5. The quantitative estimate of drug-likeness (QED) is 0.735. The van der Waals surface area contributed by atoms with E-state index in [4.69, 9.17) is 17.0 Å². The molecule has 0 unspecified atom stereocenters. The number of nitrogens with zero attached hydrogens (tertiary/aromatic N) is 3. The molecule has 0 bridgehead atoms. The van der Waals surface area contributed by atoms with Crippen LogP contribution in [0.4, 0.5) is 0 Å². The third kappa shape index (κ3) is 1.68. The second-order valence-electron chi connectivity index (χ2n) is 4.85. The fraction of sp³-hybridized carbons (Fsp3) is 0.417. The van der Waals surface area contributed by atoms with Crippen molar-refractivity contribution in [2.45, 2.75) is 25.5 Å². The van der Waals surface area contributed by atoms with Gasteiger partial charge in [0.25, 0.3) is 5.56 Å². The molecule has 0 saturated carbocycles. The predicted octanol–water partition coefficient (Wildman–Crippen LogP) is 1.95. The van der Waals surface area contributed by atoms with Crippen LogP contribution in [0.15, 0.2) is 16.2 Å². The van der Waals surface area contributed by atoms with E-state index < -0.39 is 0 Å². The summed E-state index contributed by atoms with van der Waals surface area (Å²) in [5, 5.41) is 8.88. The molecule has 0 amide bonds. The number of ether oxygens (including phenoxy) is 1. The van der Waals surface area contributed by atoms with Crippen molar-refractivity contribution < 1.29 is 4.74 Å². The first kappa shape index (κ1) is 12.2. The van der Waals surface area contributed by atoms with Crippen molar-refractivity contribution >= 4 is 39.5 Å². The van der Waals surface area contributed by atoms with Crippen molar-refractivity contribution in [2.24, 2.45) is 0 Å². The number of fused-ring (bicyclic) bond motifs is 3. The minimum atomic E-state index is -0.0213. The Hall–Kier alpha value is -1.51. The van der Waals surface area contributed by atoms with Gasteiger partial charge in [-0.15, -0.1) is 16.4 Å². The second-order valence-corrected chi connectivity index (χ2v) is 6.15. The lowest BCUT2D eigenvalue weighted by Gasteiger charge is -2.12. The van der Waals surface area contributed by atoms with Gasteiger partial charge in [-0.2, -0.15) is 0 Å². The van der Waals surface area contributed by atoms with Crippen molar-refractivity contribution in [2.75, 3.05) is 6.61 Å². The molecule has 1 fully saturated rings. The van der Waals surface area contributed by atoms with Gasteiger partial charge in [-0.25, -0.2) is 5.10 Å². The molecule has 1 aliphatic rings. The summed E-state index contributed by atoms with van der Waals surface area (Å²) in [7, 11) is 0. The lowest BCUT2D eigenvalue weighted by molar-refractivity contribution is 0.0969. The van der Waals surface area contributed by atoms with Gasteiger partial charge < -0.3 is 4.74 Å². The van der Waals surface area contributed by atoms with Gasteiger partial charge >= 0.3 is 0 Å². The Morgan fingerprint density at radius 2 is 2.50 bits per heavy atom. The maximum absolute atomic E-state index is 12.6. The van der Waals surface area contributed by atoms with Gasteiger partial charge in [-0.05, 0) is 36.5 Å². The van der Waals surface area contributed by atoms with Gasteiger partial charge in [0.15, 0.2) is 0 Å². The van der Waals surface area contributed by atoms with Gasteiger partial charge in [-0.1, -0.05) is 0 Å². The van der Waals surface area contributed by atoms with Crippen molar-refractivity contribution in [3.8, 4) is 0 Å². The summed E-state index contributed by atoms with van der Waals surface area (Å²) in [5.41, 5.74) is 0.796. The molecule has 20 heavy (non-hydrogen) atoms. The normalized spacial score (nSPS) is 19.3. The van der Waals surface area contributed by atoms with E-state index in [2.05, 4.69) is 10.2 Å². The van der Waals surface area contributed by atoms with Gasteiger partial charge in [0.1, 0.15) is 4.70 Å². The highest BCUT2D eigenvalue weighted by Crippen LogP contribution is 2.20. The zero-order chi connectivity index (χ0) is 13.7. The van der Waals surface area contributed by atoms with Crippen LogP contribution in [0.25, 0.3) is 16.0 Å². The fourth-order valence-electron chi connectivity index (χ4n) is 2.70. The molecular formula is C12H12N4O2S2. The molecule has 4 rings (SSSR count). The third-order valence-electron chi connectivity index (χ3n) is 3.63. The lowest BCUT2D eigenvalue weighted by atomic mass is 10.2. The summed E-state index contributed by atoms with van der Waals surface area (Å²) in [6, 6.07) is 1.90. The molecule has 0 radical (unpaired) electrons. The van der Waals surface area contributed by atoms with Crippen LogP contribution in [-0.2, 0) is 11.3 Å². The van der Waals surface area contributed by atoms with Crippen molar-refractivity contribution in [3.63, 3.8) is 0 Å². The molecule has 4 heterocycles. The number of H-pyrrole nitrogens is 1. The van der Waals surface area contributed by atoms with Crippen LogP contribution in [0.5, 0.6) is 0 Å². The number of thiophene rings is 1. The van der Waals surface area contributed by atoms with Gasteiger partial charge in [0, 0.05) is 6.61 Å². The average molecular weight is 308 g/mol. The highest BCUT2D eigenvalue weighted by Gasteiger charge is 2.20. The van der Waals surface area contributed by atoms with Crippen LogP contribution < -0.4 is 5.56 Å². The zero-order valence-corrected chi connectivity index (χ0v) is 12.2. The molecule has 3 aromatic rings. The Balaban J connectivity index is 2.03. The summed E-state index contributed by atoms with van der Waals surface area (Å²) in [6.45, 7) is 1.29. The molecule has 1 aliphatic heterocycles. The Labute approximate surface area is 122 Å². The first-order chi connectivity index (χ1) is 9.75. The Morgan fingerprint density at radius 3 is 3.30 bits per heavy atom. The van der Waals surface area contributed by atoms with E-state index in [0.717, 1.165) is 25.0 Å². The highest BCUT2D eigenvalue weighted by atomic mass is 32.1. The SMILES string of the molecule is O=c1c2sccc2n2c(=S)[nH]nc2n1C[C@@H]1CCCO1. The van der Waals surface area contributed by atoms with Crippen molar-refractivity contribution in [1.29, 1.82) is 0 Å². The maximum Gasteiger partial charge on any atom is 0.272 e. The monoisotopic (exact) mass is 308 g/mol. The van der Waals surface area contributed by atoms with Crippen LogP contribution in [0.2, 0.25) is 0 Å². The first-order valence-electron chi connectivity index (χ1n) is 6.44. The average Bonchev–Trinajstić information content (AvgIpc) is 3.14. The number of nitrogens with one attached hydrogen (secondary N) is 1. The molecule has 1 saturated heterocycles. The topological polar surface area (TPSA) is 64.3 Å². The van der Waals surface area contributed by atoms with Gasteiger partial charge in [-0.3, -0.25) is 13.8 Å². The molecular weight excluding hydrogens is 296 g/mol. The number of rotatable bonds is 2. The summed E-state index contributed by atoms with van der Waals surface area (Å²) in [6.07, 6.45) is 2.11. The van der Waals surface area contributed by atoms with E-state index in [9.17, 15) is 4.79 Å². The summed E-state index contributed by atoms with van der Waals surface area (Å²) in [5.74, 6) is 0.557. The largest absolute Gasteiger partial charge is 0.376 e. The lowest BCUT2D eigenvalue weighted by Crippen LogP contribution is -2.28. The van der Waals surface area contributed by atoms with Gasteiger partial charge in [0.2, 0.25) is 10.5 Å². The summed E-state index contributed by atoms with van der Waals surface area (Å²) < 4.78 is 10.3. The minimum Gasteiger partial charge on any atom is -0.376 e. The predicted molar refractivity (Wildman–Crippen MR) is 79.0 cm³/mol. The molecule has 8 heteroatoms. The van der Waals surface area contributed by atoms with E-state index in [-0.39, 0.29) is 11.7 Å². The summed E-state index contributed by atoms with van der Waals surface area (Å²) in [4.78, 5) is 12.6. The number of aromatic amines is 1. The molecule has 1 atom stereocenters. The smallest absolute Gasteiger partial charge is 0.272 e. The van der Waals surface area contributed by atoms with E-state index in [0.29, 0.717) is 21.8 Å². The van der Waals surface area contributed by atoms with Crippen LogP contribution in [-0.4, -0.2) is 31.9 Å². The maximum atomic E-state index is 12.6. The van der Waals surface area contributed by atoms with Gasteiger partial charge in [0.05, 0.1) is 18.2 Å². The molecule has 0 aliphatic carbocycles. The van der Waals surface area contributed by atoms with E-state index >= 15 is 0 Å². The van der Waals surface area contributed by atoms with Crippen molar-refractivity contribution in [3.05, 3.63) is 26.6 Å². The summed E-state index contributed by atoms with van der Waals surface area (Å²) >= 11 is 6.70. The van der Waals surface area contributed by atoms with Crippen molar-refractivity contribution in [1.82, 2.24) is 19.2 Å². The van der Waals surface area contributed by atoms with E-state index in [1.807, 2.05) is 15.8 Å². The van der Waals surface area contributed by atoms with Crippen LogP contribution in [0.3, 0.4) is 0 Å². The standard InChI is InChI=1S/C12H12N4O2S2/c17-10-9-8(3-5-20-9)16-11(13-14-12(16)19)15(10)6-7-2-1-4-18-7/h3,5,7H,1-2,4,6H2,(H,14,19)/t7-/m0/s1. The molecule has 1 N–H and O–H groups in total. The van der Waals surface area contributed by atoms with E-state index in [1.165, 1.54) is 11.3 Å². The first-order valence-corrected chi connectivity index (χ1v) is 7.73. The number of aromatic nitrogens is 4. The highest BCUT2D eigenvalue weighted by molar-refractivity contribution is 7.71. The number of hydrogen-bond acceptors (Lipinski definition) is 5. The molecule has 0 spiro atoms. The second kappa shape index (κ2) is 4.51. The fourth-order valence-corrected chi connectivity index (χ4v) is 3.75. The molecule has 104 valence electrons. The minimum absolute atomic E-state index is 0.0213. The Morgan fingerprint density at radius 1 is 1.60 bits per heavy atom. The molecule has 3 aromatic heterocycles. The molecule has 6 nitrogen and oxygen atoms in total. The molecule has 0 aromatic carbocycles. The van der Waals surface area contributed by atoms with Crippen LogP contribution in [0, 0.1) is 4.77 Å².